The van der Waals surface area contributed by atoms with E-state index in [0.717, 1.165) is 29.4 Å². The van der Waals surface area contributed by atoms with E-state index in [1.54, 1.807) is 36.7 Å². The summed E-state index contributed by atoms with van der Waals surface area (Å²) in [5, 5.41) is 6.98. The topological polar surface area (TPSA) is 84.0 Å². The number of nitrogens with one attached hydrogen (secondary N) is 2. The average Bonchev–Trinajstić information content (AvgIpc) is 3.11. The molecule has 25 heavy (non-hydrogen) atoms. The third kappa shape index (κ3) is 4.82. The molecule has 1 atom stereocenters. The van der Waals surface area contributed by atoms with E-state index in [9.17, 15) is 8.42 Å². The van der Waals surface area contributed by atoms with Crippen molar-refractivity contribution in [1.82, 2.24) is 19.4 Å². The molecule has 0 spiro atoms. The second kappa shape index (κ2) is 8.01. The number of benzene rings is 1. The average molecular weight is 377 g/mol. The molecule has 0 saturated carbocycles. The van der Waals surface area contributed by atoms with Crippen LogP contribution in [0, 0.1) is 0 Å². The number of pyridine rings is 1. The predicted molar refractivity (Wildman–Crippen MR) is 100 cm³/mol. The highest BCUT2D eigenvalue weighted by Gasteiger charge is 2.17. The van der Waals surface area contributed by atoms with Gasteiger partial charge in [0.1, 0.15) is 0 Å². The highest BCUT2D eigenvalue weighted by Crippen LogP contribution is 2.18. The maximum absolute atomic E-state index is 12.5. The van der Waals surface area contributed by atoms with Gasteiger partial charge in [0.15, 0.2) is 0 Å². The van der Waals surface area contributed by atoms with Crippen LogP contribution in [0.15, 0.2) is 53.0 Å². The molecule has 132 valence electrons. The lowest BCUT2D eigenvalue weighted by Crippen LogP contribution is -2.40. The van der Waals surface area contributed by atoms with Gasteiger partial charge in [0.05, 0.1) is 10.6 Å². The lowest BCUT2D eigenvalue weighted by atomic mass is 10.2. The van der Waals surface area contributed by atoms with Crippen LogP contribution >= 0.6 is 11.5 Å². The Kier molecular flexibility index (Phi) is 5.74. The van der Waals surface area contributed by atoms with E-state index in [2.05, 4.69) is 19.4 Å². The van der Waals surface area contributed by atoms with E-state index in [0.29, 0.717) is 6.54 Å². The number of rotatable bonds is 8. The molecule has 2 aromatic heterocycles. The van der Waals surface area contributed by atoms with Gasteiger partial charge in [-0.2, -0.15) is 4.37 Å². The van der Waals surface area contributed by atoms with Gasteiger partial charge in [-0.1, -0.05) is 6.07 Å². The number of sulfonamides is 1. The molecule has 3 aromatic rings. The Hall–Kier alpha value is -1.87. The van der Waals surface area contributed by atoms with Gasteiger partial charge in [0, 0.05) is 48.7 Å². The zero-order valence-electron chi connectivity index (χ0n) is 13.8. The smallest absolute Gasteiger partial charge is 0.240 e. The number of nitrogens with zero attached hydrogens (tertiary/aromatic N) is 2. The third-order valence-electron chi connectivity index (χ3n) is 3.78. The molecule has 0 fully saturated rings. The van der Waals surface area contributed by atoms with Crippen molar-refractivity contribution in [2.45, 2.75) is 24.3 Å². The second-order valence-electron chi connectivity index (χ2n) is 5.85. The zero-order valence-corrected chi connectivity index (χ0v) is 15.5. The lowest BCUT2D eigenvalue weighted by molar-refractivity contribution is 0.537. The SMILES string of the molecule is C[C@H](CNCCc1ccsn1)NS(=O)(=O)c1ccc2cnccc2c1. The Morgan fingerprint density at radius 1 is 1.20 bits per heavy atom. The van der Waals surface area contributed by atoms with Crippen molar-refractivity contribution in [3.05, 3.63) is 53.8 Å². The molecule has 0 bridgehead atoms. The molecule has 0 aliphatic rings. The molecule has 8 heteroatoms. The maximum atomic E-state index is 12.5. The first-order valence-electron chi connectivity index (χ1n) is 8.01. The molecular weight excluding hydrogens is 356 g/mol. The van der Waals surface area contributed by atoms with E-state index in [4.69, 9.17) is 0 Å². The standard InChI is InChI=1S/C17H20N4O2S2/c1-13(11-18-8-5-16-6-9-24-20-16)21-25(22,23)17-3-2-15-12-19-7-4-14(15)10-17/h2-4,6-7,9-10,12-13,18,21H,5,8,11H2,1H3/t13-/m1/s1. The van der Waals surface area contributed by atoms with Crippen molar-refractivity contribution in [2.24, 2.45) is 0 Å². The molecule has 0 aliphatic heterocycles. The summed E-state index contributed by atoms with van der Waals surface area (Å²) in [5.41, 5.74) is 1.05. The van der Waals surface area contributed by atoms with Crippen LogP contribution in [0.3, 0.4) is 0 Å². The van der Waals surface area contributed by atoms with Crippen LogP contribution in [-0.2, 0) is 16.4 Å². The molecule has 0 aliphatic carbocycles. The van der Waals surface area contributed by atoms with Gasteiger partial charge >= 0.3 is 0 Å². The molecule has 0 saturated heterocycles. The summed E-state index contributed by atoms with van der Waals surface area (Å²) in [7, 11) is -3.55. The van der Waals surface area contributed by atoms with Gasteiger partial charge < -0.3 is 5.32 Å². The van der Waals surface area contributed by atoms with Gasteiger partial charge in [0.2, 0.25) is 10.0 Å². The number of aromatic nitrogens is 2. The quantitative estimate of drug-likeness (QED) is 0.589. The van der Waals surface area contributed by atoms with Crippen LogP contribution in [0.1, 0.15) is 12.6 Å². The Morgan fingerprint density at radius 2 is 2.08 bits per heavy atom. The summed E-state index contributed by atoms with van der Waals surface area (Å²) >= 11 is 1.44. The highest BCUT2D eigenvalue weighted by atomic mass is 32.2. The largest absolute Gasteiger partial charge is 0.315 e. The fraction of sp³-hybridized carbons (Fsp3) is 0.294. The zero-order chi connectivity index (χ0) is 17.7. The first kappa shape index (κ1) is 17.9. The van der Waals surface area contributed by atoms with E-state index in [-0.39, 0.29) is 10.9 Å². The monoisotopic (exact) mass is 376 g/mol. The fourth-order valence-electron chi connectivity index (χ4n) is 2.50. The van der Waals surface area contributed by atoms with Crippen LogP contribution in [0.4, 0.5) is 0 Å². The van der Waals surface area contributed by atoms with Gasteiger partial charge in [0.25, 0.3) is 0 Å². The molecule has 0 radical (unpaired) electrons. The van der Waals surface area contributed by atoms with Gasteiger partial charge in [-0.3, -0.25) is 4.98 Å². The predicted octanol–water partition coefficient (Wildman–Crippen LogP) is 2.19. The molecule has 1 aromatic carbocycles. The Bertz CT molecular complexity index is 927. The normalized spacial score (nSPS) is 13.2. The first-order valence-corrected chi connectivity index (χ1v) is 10.3. The minimum atomic E-state index is -3.55. The fourth-order valence-corrected chi connectivity index (χ4v) is 4.35. The molecule has 2 N–H and O–H groups in total. The molecule has 2 heterocycles. The van der Waals surface area contributed by atoms with Gasteiger partial charge in [-0.05, 0) is 48.1 Å². The minimum Gasteiger partial charge on any atom is -0.315 e. The van der Waals surface area contributed by atoms with Crippen LogP contribution < -0.4 is 10.0 Å². The van der Waals surface area contributed by atoms with Crippen molar-refractivity contribution in [3.63, 3.8) is 0 Å². The third-order valence-corrected chi connectivity index (χ3v) is 5.96. The number of hydrogen-bond acceptors (Lipinski definition) is 6. The molecular formula is C17H20N4O2S2. The molecule has 0 amide bonds. The van der Waals surface area contributed by atoms with E-state index in [1.165, 1.54) is 11.5 Å². The molecule has 6 nitrogen and oxygen atoms in total. The Morgan fingerprint density at radius 3 is 2.88 bits per heavy atom. The van der Waals surface area contributed by atoms with Gasteiger partial charge in [-0.15, -0.1) is 0 Å². The van der Waals surface area contributed by atoms with Crippen LogP contribution in [0.2, 0.25) is 0 Å². The summed E-state index contributed by atoms with van der Waals surface area (Å²) in [4.78, 5) is 4.30. The van der Waals surface area contributed by atoms with Crippen LogP contribution in [0.5, 0.6) is 0 Å². The number of fused-ring (bicyclic) bond motifs is 1. The van der Waals surface area contributed by atoms with E-state index >= 15 is 0 Å². The van der Waals surface area contributed by atoms with Gasteiger partial charge in [-0.25, -0.2) is 13.1 Å². The van der Waals surface area contributed by atoms with Crippen LogP contribution in [0.25, 0.3) is 10.8 Å². The van der Waals surface area contributed by atoms with Crippen molar-refractivity contribution in [3.8, 4) is 0 Å². The molecule has 0 unspecified atom stereocenters. The second-order valence-corrected chi connectivity index (χ2v) is 8.23. The summed E-state index contributed by atoms with van der Waals surface area (Å²) < 4.78 is 32.0. The van der Waals surface area contributed by atoms with Crippen LogP contribution in [-0.4, -0.2) is 36.9 Å². The van der Waals surface area contributed by atoms with Crippen molar-refractivity contribution < 1.29 is 8.42 Å². The van der Waals surface area contributed by atoms with Crippen molar-refractivity contribution in [2.75, 3.05) is 13.1 Å². The lowest BCUT2D eigenvalue weighted by Gasteiger charge is -2.15. The molecule has 3 rings (SSSR count). The summed E-state index contributed by atoms with van der Waals surface area (Å²) in [6.07, 6.45) is 4.21. The Labute approximate surface area is 151 Å². The number of hydrogen-bond donors (Lipinski definition) is 2. The highest BCUT2D eigenvalue weighted by molar-refractivity contribution is 7.89. The minimum absolute atomic E-state index is 0.214. The van der Waals surface area contributed by atoms with E-state index < -0.39 is 10.0 Å². The van der Waals surface area contributed by atoms with E-state index in [1.807, 2.05) is 18.4 Å². The summed E-state index contributed by atoms with van der Waals surface area (Å²) in [6.45, 7) is 3.16. The summed E-state index contributed by atoms with van der Waals surface area (Å²) in [6, 6.07) is 8.63. The van der Waals surface area contributed by atoms with Crippen molar-refractivity contribution >= 4 is 32.3 Å². The first-order chi connectivity index (χ1) is 12.0. The maximum Gasteiger partial charge on any atom is 0.240 e. The van der Waals surface area contributed by atoms with Crippen molar-refractivity contribution in [1.29, 1.82) is 0 Å². The Balaban J connectivity index is 1.56. The summed E-state index contributed by atoms with van der Waals surface area (Å²) in [5.74, 6) is 0.